The van der Waals surface area contributed by atoms with Gasteiger partial charge >= 0.3 is 6.03 Å². The maximum Gasteiger partial charge on any atom is 0.317 e. The van der Waals surface area contributed by atoms with Crippen molar-refractivity contribution < 1.29 is 14.3 Å². The van der Waals surface area contributed by atoms with Crippen molar-refractivity contribution in [3.8, 4) is 0 Å². The number of amides is 2. The zero-order valence-electron chi connectivity index (χ0n) is 13.7. The molecule has 3 rings (SSSR count). The molecular weight excluding hydrogens is 292 g/mol. The van der Waals surface area contributed by atoms with Crippen molar-refractivity contribution in [3.63, 3.8) is 0 Å². The molecule has 2 aliphatic rings. The van der Waals surface area contributed by atoms with Gasteiger partial charge in [0, 0.05) is 38.1 Å². The monoisotopic (exact) mass is 318 g/mol. The third kappa shape index (κ3) is 4.45. The number of benzene rings is 1. The number of hydrogen-bond acceptors (Lipinski definition) is 3. The van der Waals surface area contributed by atoms with E-state index in [1.807, 2.05) is 23.1 Å². The van der Waals surface area contributed by atoms with Crippen molar-refractivity contribution in [3.05, 3.63) is 35.9 Å². The van der Waals surface area contributed by atoms with Crippen LogP contribution in [-0.2, 0) is 15.9 Å². The molecule has 0 aliphatic carbocycles. The number of nitrogens with zero attached hydrogens (tertiary/aromatic N) is 1. The summed E-state index contributed by atoms with van der Waals surface area (Å²) < 4.78 is 11.2. The maximum atomic E-state index is 12.5. The molecular formula is C18H26N2O3. The standard InChI is InChI=1S/C18H26N2O3/c1-14(16-7-9-22-13-16)19-18(21)20-8-10-23-17(12-20)11-15-5-3-2-4-6-15/h2-6,14,16-17H,7-13H2,1H3,(H,19,21)/t14-,16+,17+/m0/s1. The molecule has 2 aliphatic heterocycles. The van der Waals surface area contributed by atoms with Gasteiger partial charge in [-0.2, -0.15) is 0 Å². The molecule has 3 atom stereocenters. The lowest BCUT2D eigenvalue weighted by molar-refractivity contribution is -0.0138. The average molecular weight is 318 g/mol. The fourth-order valence-electron chi connectivity index (χ4n) is 3.26. The quantitative estimate of drug-likeness (QED) is 0.924. The first kappa shape index (κ1) is 16.3. The molecule has 0 spiro atoms. The highest BCUT2D eigenvalue weighted by Crippen LogP contribution is 2.17. The summed E-state index contributed by atoms with van der Waals surface area (Å²) in [7, 11) is 0. The highest BCUT2D eigenvalue weighted by molar-refractivity contribution is 5.74. The molecule has 1 N–H and O–H groups in total. The highest BCUT2D eigenvalue weighted by atomic mass is 16.5. The first-order valence-corrected chi connectivity index (χ1v) is 8.51. The Labute approximate surface area is 137 Å². The zero-order chi connectivity index (χ0) is 16.1. The fraction of sp³-hybridized carbons (Fsp3) is 0.611. The lowest BCUT2D eigenvalue weighted by Gasteiger charge is -2.34. The average Bonchev–Trinajstić information content (AvgIpc) is 3.10. The van der Waals surface area contributed by atoms with Gasteiger partial charge in [0.1, 0.15) is 0 Å². The number of rotatable bonds is 4. The molecule has 1 aromatic rings. The molecule has 5 heteroatoms. The largest absolute Gasteiger partial charge is 0.381 e. The Morgan fingerprint density at radius 3 is 2.91 bits per heavy atom. The van der Waals surface area contributed by atoms with E-state index in [1.54, 1.807) is 0 Å². The minimum absolute atomic E-state index is 0.0192. The zero-order valence-corrected chi connectivity index (χ0v) is 13.7. The summed E-state index contributed by atoms with van der Waals surface area (Å²) in [6, 6.07) is 10.5. The third-order valence-corrected chi connectivity index (χ3v) is 4.76. The molecule has 1 aromatic carbocycles. The second kappa shape index (κ2) is 7.79. The number of ether oxygens (including phenoxy) is 2. The number of carbonyl (C=O) groups excluding carboxylic acids is 1. The Balaban J connectivity index is 1.50. The lowest BCUT2D eigenvalue weighted by Crippen LogP contribution is -2.52. The van der Waals surface area contributed by atoms with Gasteiger partial charge in [0.15, 0.2) is 0 Å². The molecule has 2 heterocycles. The normalized spacial score (nSPS) is 26.0. The van der Waals surface area contributed by atoms with Crippen molar-refractivity contribution in [2.45, 2.75) is 31.9 Å². The summed E-state index contributed by atoms with van der Waals surface area (Å²) in [5.41, 5.74) is 1.25. The van der Waals surface area contributed by atoms with Crippen LogP contribution in [-0.4, -0.2) is 56.0 Å². The summed E-state index contributed by atoms with van der Waals surface area (Å²) in [6.45, 7) is 5.54. The van der Waals surface area contributed by atoms with Gasteiger partial charge in [0.25, 0.3) is 0 Å². The Kier molecular flexibility index (Phi) is 5.51. The molecule has 2 amide bonds. The SMILES string of the molecule is C[C@H](NC(=O)N1CCO[C@H](Cc2ccccc2)C1)[C@@H]1CCOC1. The smallest absolute Gasteiger partial charge is 0.317 e. The van der Waals surface area contributed by atoms with Crippen LogP contribution in [0.15, 0.2) is 30.3 Å². The van der Waals surface area contributed by atoms with Gasteiger partial charge in [-0.05, 0) is 18.9 Å². The minimum atomic E-state index is 0.0192. The van der Waals surface area contributed by atoms with E-state index in [2.05, 4.69) is 24.4 Å². The fourth-order valence-corrected chi connectivity index (χ4v) is 3.26. The van der Waals surface area contributed by atoms with Gasteiger partial charge in [0.05, 0.1) is 19.3 Å². The van der Waals surface area contributed by atoms with E-state index in [0.717, 1.165) is 26.1 Å². The number of carbonyl (C=O) groups is 1. The van der Waals surface area contributed by atoms with Crippen LogP contribution in [0.1, 0.15) is 18.9 Å². The third-order valence-electron chi connectivity index (χ3n) is 4.76. The summed E-state index contributed by atoms with van der Waals surface area (Å²) >= 11 is 0. The molecule has 2 fully saturated rings. The number of urea groups is 1. The van der Waals surface area contributed by atoms with Gasteiger partial charge in [-0.25, -0.2) is 4.79 Å². The first-order valence-electron chi connectivity index (χ1n) is 8.51. The molecule has 0 radical (unpaired) electrons. The van der Waals surface area contributed by atoms with Crippen LogP contribution in [0, 0.1) is 5.92 Å². The maximum absolute atomic E-state index is 12.5. The Morgan fingerprint density at radius 2 is 2.17 bits per heavy atom. The van der Waals surface area contributed by atoms with Crippen molar-refractivity contribution in [2.75, 3.05) is 32.9 Å². The second-order valence-electron chi connectivity index (χ2n) is 6.49. The van der Waals surface area contributed by atoms with Gasteiger partial charge < -0.3 is 19.7 Å². The topological polar surface area (TPSA) is 50.8 Å². The predicted octanol–water partition coefficient (Wildman–Crippen LogP) is 2.06. The van der Waals surface area contributed by atoms with Crippen LogP contribution >= 0.6 is 0 Å². The molecule has 126 valence electrons. The van der Waals surface area contributed by atoms with Crippen LogP contribution in [0.25, 0.3) is 0 Å². The molecule has 23 heavy (non-hydrogen) atoms. The van der Waals surface area contributed by atoms with E-state index >= 15 is 0 Å². The van der Waals surface area contributed by atoms with Crippen molar-refractivity contribution in [1.82, 2.24) is 10.2 Å². The van der Waals surface area contributed by atoms with E-state index in [1.165, 1.54) is 5.56 Å². The van der Waals surface area contributed by atoms with Crippen molar-refractivity contribution in [1.29, 1.82) is 0 Å². The highest BCUT2D eigenvalue weighted by Gasteiger charge is 2.28. The lowest BCUT2D eigenvalue weighted by atomic mass is 10.0. The molecule has 0 aromatic heterocycles. The van der Waals surface area contributed by atoms with Gasteiger partial charge in [-0.15, -0.1) is 0 Å². The van der Waals surface area contributed by atoms with Crippen LogP contribution < -0.4 is 5.32 Å². The van der Waals surface area contributed by atoms with Gasteiger partial charge in [0.2, 0.25) is 0 Å². The summed E-state index contributed by atoms with van der Waals surface area (Å²) in [5, 5.41) is 3.13. The van der Waals surface area contributed by atoms with Crippen LogP contribution in [0.4, 0.5) is 4.79 Å². The number of hydrogen-bond donors (Lipinski definition) is 1. The second-order valence-corrected chi connectivity index (χ2v) is 6.49. The Morgan fingerprint density at radius 1 is 1.35 bits per heavy atom. The van der Waals surface area contributed by atoms with Crippen LogP contribution in [0.2, 0.25) is 0 Å². The molecule has 0 bridgehead atoms. The van der Waals surface area contributed by atoms with E-state index in [9.17, 15) is 4.79 Å². The van der Waals surface area contributed by atoms with Crippen LogP contribution in [0.3, 0.4) is 0 Å². The molecule has 5 nitrogen and oxygen atoms in total. The van der Waals surface area contributed by atoms with Gasteiger partial charge in [-0.1, -0.05) is 30.3 Å². The molecule has 2 saturated heterocycles. The number of nitrogens with one attached hydrogen (secondary N) is 1. The van der Waals surface area contributed by atoms with E-state index in [-0.39, 0.29) is 18.2 Å². The van der Waals surface area contributed by atoms with Crippen molar-refractivity contribution >= 4 is 6.03 Å². The first-order chi connectivity index (χ1) is 11.2. The van der Waals surface area contributed by atoms with Crippen LogP contribution in [0.5, 0.6) is 0 Å². The number of morpholine rings is 1. The summed E-state index contributed by atoms with van der Waals surface area (Å²) in [4.78, 5) is 14.4. The van der Waals surface area contributed by atoms with E-state index < -0.39 is 0 Å². The minimum Gasteiger partial charge on any atom is -0.381 e. The van der Waals surface area contributed by atoms with E-state index in [4.69, 9.17) is 9.47 Å². The molecule has 0 saturated carbocycles. The Hall–Kier alpha value is -1.59. The van der Waals surface area contributed by atoms with Crippen molar-refractivity contribution in [2.24, 2.45) is 5.92 Å². The molecule has 0 unspecified atom stereocenters. The van der Waals surface area contributed by atoms with Gasteiger partial charge in [-0.3, -0.25) is 0 Å². The van der Waals surface area contributed by atoms with E-state index in [0.29, 0.717) is 25.6 Å². The summed E-state index contributed by atoms with van der Waals surface area (Å²) in [5.74, 6) is 0.431. The summed E-state index contributed by atoms with van der Waals surface area (Å²) in [6.07, 6.45) is 1.94. The predicted molar refractivity (Wildman–Crippen MR) is 88.4 cm³/mol. The Bertz CT molecular complexity index is 502.